The molecule has 0 aliphatic carbocycles. The Morgan fingerprint density at radius 3 is 2.39 bits per heavy atom. The quantitative estimate of drug-likeness (QED) is 0.794. The summed E-state index contributed by atoms with van der Waals surface area (Å²) in [4.78, 5) is 1.53. The Labute approximate surface area is 109 Å². The summed E-state index contributed by atoms with van der Waals surface area (Å²) in [7, 11) is -3.06. The van der Waals surface area contributed by atoms with E-state index in [9.17, 15) is 8.42 Å². The van der Waals surface area contributed by atoms with Gasteiger partial charge in [0.15, 0.2) is 0 Å². The van der Waals surface area contributed by atoms with Crippen LogP contribution in [0.15, 0.2) is 30.3 Å². The molecule has 1 aliphatic heterocycles. The lowest BCUT2D eigenvalue weighted by Gasteiger charge is -2.29. The van der Waals surface area contributed by atoms with Crippen molar-refractivity contribution in [1.29, 1.82) is 0 Å². The number of benzene rings is 1. The van der Waals surface area contributed by atoms with Crippen molar-refractivity contribution >= 4 is 10.0 Å². The van der Waals surface area contributed by atoms with E-state index in [1.165, 1.54) is 16.7 Å². The molecule has 0 saturated carbocycles. The fourth-order valence-corrected chi connectivity index (χ4v) is 3.35. The van der Waals surface area contributed by atoms with Gasteiger partial charge in [-0.25, -0.2) is 13.1 Å². The fraction of sp³-hybridized carbons (Fsp3) is 0.538. The summed E-state index contributed by atoms with van der Waals surface area (Å²) in [6, 6.07) is 10.6. The Kier molecular flexibility index (Phi) is 4.37. The lowest BCUT2D eigenvalue weighted by molar-refractivity contribution is -0.918. The van der Waals surface area contributed by atoms with Crippen molar-refractivity contribution in [3.05, 3.63) is 35.9 Å². The average molecular weight is 269 g/mol. The van der Waals surface area contributed by atoms with Gasteiger partial charge in [0.2, 0.25) is 10.0 Å². The largest absolute Gasteiger partial charge is 0.331 e. The molecule has 5 heteroatoms. The molecule has 1 aliphatic rings. The third-order valence-corrected chi connectivity index (χ3v) is 4.13. The van der Waals surface area contributed by atoms with Crippen LogP contribution in [0.4, 0.5) is 0 Å². The minimum absolute atomic E-state index is 0.125. The molecule has 0 spiro atoms. The minimum Gasteiger partial charge on any atom is -0.331 e. The lowest BCUT2D eigenvalue weighted by atomic mass is 10.1. The summed E-state index contributed by atoms with van der Waals surface area (Å²) in [6.45, 7) is 3.09. The number of piperidine rings is 1. The van der Waals surface area contributed by atoms with E-state index in [4.69, 9.17) is 0 Å². The van der Waals surface area contributed by atoms with Crippen LogP contribution >= 0.6 is 0 Å². The number of hydrogen-bond donors (Lipinski definition) is 2. The van der Waals surface area contributed by atoms with Crippen LogP contribution in [0.5, 0.6) is 0 Å². The average Bonchev–Trinajstić information content (AvgIpc) is 2.31. The van der Waals surface area contributed by atoms with Crippen LogP contribution < -0.4 is 9.62 Å². The molecular formula is C13H21N2O2S+. The Morgan fingerprint density at radius 1 is 1.22 bits per heavy atom. The van der Waals surface area contributed by atoms with Gasteiger partial charge in [-0.2, -0.15) is 0 Å². The van der Waals surface area contributed by atoms with Crippen molar-refractivity contribution < 1.29 is 13.3 Å². The van der Waals surface area contributed by atoms with Gasteiger partial charge < -0.3 is 4.90 Å². The predicted molar refractivity (Wildman–Crippen MR) is 71.8 cm³/mol. The van der Waals surface area contributed by atoms with E-state index < -0.39 is 10.0 Å². The Hall–Kier alpha value is -0.910. The van der Waals surface area contributed by atoms with E-state index in [0.717, 1.165) is 32.5 Å². The van der Waals surface area contributed by atoms with Crippen LogP contribution in [0.1, 0.15) is 18.4 Å². The highest BCUT2D eigenvalue weighted by Crippen LogP contribution is 2.02. The SMILES string of the molecule is CS(=O)(=O)NC1CC[NH+](Cc2ccccc2)CC1. The maximum absolute atomic E-state index is 11.2. The molecule has 2 N–H and O–H groups in total. The standard InChI is InChI=1S/C13H20N2O2S/c1-18(16,17)14-13-7-9-15(10-8-13)11-12-5-3-2-4-6-12/h2-6,13-14H,7-11H2,1H3/p+1. The van der Waals surface area contributed by atoms with Crippen LogP contribution in [0.25, 0.3) is 0 Å². The molecule has 1 fully saturated rings. The van der Waals surface area contributed by atoms with Crippen LogP contribution in [-0.4, -0.2) is 33.8 Å². The number of quaternary nitrogens is 1. The Morgan fingerprint density at radius 2 is 1.83 bits per heavy atom. The molecule has 18 heavy (non-hydrogen) atoms. The van der Waals surface area contributed by atoms with Crippen molar-refractivity contribution in [2.75, 3.05) is 19.3 Å². The molecule has 0 aromatic heterocycles. The number of hydrogen-bond acceptors (Lipinski definition) is 2. The maximum Gasteiger partial charge on any atom is 0.208 e. The zero-order valence-corrected chi connectivity index (χ0v) is 11.5. The van der Waals surface area contributed by atoms with Gasteiger partial charge in [0.05, 0.1) is 19.3 Å². The molecule has 0 bridgehead atoms. The normalized spacial score (nSPS) is 24.9. The topological polar surface area (TPSA) is 50.6 Å². The predicted octanol–water partition coefficient (Wildman–Crippen LogP) is -0.217. The minimum atomic E-state index is -3.06. The van der Waals surface area contributed by atoms with E-state index in [2.05, 4.69) is 29.0 Å². The van der Waals surface area contributed by atoms with Crippen molar-refractivity contribution in [2.24, 2.45) is 0 Å². The maximum atomic E-state index is 11.2. The highest BCUT2D eigenvalue weighted by atomic mass is 32.2. The first kappa shape index (κ1) is 13.5. The molecule has 0 atom stereocenters. The van der Waals surface area contributed by atoms with Gasteiger partial charge in [-0.15, -0.1) is 0 Å². The second kappa shape index (κ2) is 5.82. The van der Waals surface area contributed by atoms with Gasteiger partial charge in [0.1, 0.15) is 6.54 Å². The fourth-order valence-electron chi connectivity index (χ4n) is 2.51. The van der Waals surface area contributed by atoms with Crippen LogP contribution in [-0.2, 0) is 16.6 Å². The molecule has 2 rings (SSSR count). The molecule has 4 nitrogen and oxygen atoms in total. The van der Waals surface area contributed by atoms with Crippen molar-refractivity contribution in [2.45, 2.75) is 25.4 Å². The second-order valence-corrected chi connectivity index (χ2v) is 6.86. The van der Waals surface area contributed by atoms with Gasteiger partial charge >= 0.3 is 0 Å². The van der Waals surface area contributed by atoms with Gasteiger partial charge in [0, 0.05) is 24.4 Å². The molecule has 1 heterocycles. The molecular weight excluding hydrogens is 248 g/mol. The highest BCUT2D eigenvalue weighted by molar-refractivity contribution is 7.88. The van der Waals surface area contributed by atoms with Gasteiger partial charge in [-0.3, -0.25) is 0 Å². The first-order valence-corrected chi connectivity index (χ1v) is 8.27. The summed E-state index contributed by atoms with van der Waals surface area (Å²) in [5.74, 6) is 0. The molecule has 100 valence electrons. The Bertz CT molecular complexity index is 465. The van der Waals surface area contributed by atoms with Crippen LogP contribution in [0.3, 0.4) is 0 Å². The summed E-state index contributed by atoms with van der Waals surface area (Å²) >= 11 is 0. The van der Waals surface area contributed by atoms with Crippen molar-refractivity contribution in [1.82, 2.24) is 4.72 Å². The lowest BCUT2D eigenvalue weighted by Crippen LogP contribution is -3.12. The number of likely N-dealkylation sites (tertiary alicyclic amines) is 1. The first-order chi connectivity index (χ1) is 8.53. The number of sulfonamides is 1. The first-order valence-electron chi connectivity index (χ1n) is 6.38. The molecule has 0 amide bonds. The summed E-state index contributed by atoms with van der Waals surface area (Å²) in [6.07, 6.45) is 3.08. The van der Waals surface area contributed by atoms with E-state index in [1.54, 1.807) is 0 Å². The molecule has 0 unspecified atom stereocenters. The highest BCUT2D eigenvalue weighted by Gasteiger charge is 2.23. The summed E-state index contributed by atoms with van der Waals surface area (Å²) < 4.78 is 25.0. The third kappa shape index (κ3) is 4.40. The molecule has 1 aromatic carbocycles. The van der Waals surface area contributed by atoms with Gasteiger partial charge in [-0.05, 0) is 0 Å². The summed E-state index contributed by atoms with van der Waals surface area (Å²) in [5.41, 5.74) is 1.35. The molecule has 1 aromatic rings. The van der Waals surface area contributed by atoms with Gasteiger partial charge in [-0.1, -0.05) is 30.3 Å². The van der Waals surface area contributed by atoms with E-state index in [-0.39, 0.29) is 6.04 Å². The monoisotopic (exact) mass is 269 g/mol. The Balaban J connectivity index is 1.80. The third-order valence-electron chi connectivity index (χ3n) is 3.37. The van der Waals surface area contributed by atoms with Gasteiger partial charge in [0.25, 0.3) is 0 Å². The van der Waals surface area contributed by atoms with Crippen LogP contribution in [0, 0.1) is 0 Å². The molecule has 0 radical (unpaired) electrons. The smallest absolute Gasteiger partial charge is 0.208 e. The molecule has 1 saturated heterocycles. The zero-order valence-electron chi connectivity index (χ0n) is 10.7. The van der Waals surface area contributed by atoms with Crippen LogP contribution in [0.2, 0.25) is 0 Å². The van der Waals surface area contributed by atoms with Crippen molar-refractivity contribution in [3.63, 3.8) is 0 Å². The zero-order chi connectivity index (χ0) is 13.0. The number of nitrogens with one attached hydrogen (secondary N) is 2. The second-order valence-electron chi connectivity index (χ2n) is 5.08. The van der Waals surface area contributed by atoms with E-state index in [0.29, 0.717) is 0 Å². The van der Waals surface area contributed by atoms with E-state index in [1.807, 2.05) is 6.07 Å². The van der Waals surface area contributed by atoms with Crippen molar-refractivity contribution in [3.8, 4) is 0 Å². The number of rotatable bonds is 4. The summed E-state index contributed by atoms with van der Waals surface area (Å²) in [5, 5.41) is 0. The van der Waals surface area contributed by atoms with E-state index >= 15 is 0 Å².